The fourth-order valence-electron chi connectivity index (χ4n) is 2.36. The van der Waals surface area contributed by atoms with Crippen LogP contribution in [-0.2, 0) is 6.42 Å². The summed E-state index contributed by atoms with van der Waals surface area (Å²) in [5, 5.41) is 3.67. The third-order valence-corrected chi connectivity index (χ3v) is 3.50. The van der Waals surface area contributed by atoms with Gasteiger partial charge in [-0.3, -0.25) is 4.98 Å². The van der Waals surface area contributed by atoms with Crippen LogP contribution >= 0.6 is 0 Å². The van der Waals surface area contributed by atoms with Crippen molar-refractivity contribution in [1.29, 1.82) is 0 Å². The van der Waals surface area contributed by atoms with Gasteiger partial charge in [-0.05, 0) is 43.4 Å². The Morgan fingerprint density at radius 1 is 1.50 bits per heavy atom. The van der Waals surface area contributed by atoms with Crippen LogP contribution in [0.3, 0.4) is 0 Å². The van der Waals surface area contributed by atoms with Gasteiger partial charge in [-0.15, -0.1) is 0 Å². The van der Waals surface area contributed by atoms with Crippen LogP contribution in [0, 0.1) is 11.8 Å². The van der Waals surface area contributed by atoms with Crippen molar-refractivity contribution in [3.63, 3.8) is 0 Å². The van der Waals surface area contributed by atoms with Crippen molar-refractivity contribution < 1.29 is 0 Å². The van der Waals surface area contributed by atoms with Crippen LogP contribution in [0.15, 0.2) is 24.4 Å². The molecule has 2 rings (SSSR count). The first-order valence-corrected chi connectivity index (χ1v) is 6.44. The average molecular weight is 218 g/mol. The normalized spacial score (nSPS) is 25.4. The number of rotatable bonds is 6. The lowest BCUT2D eigenvalue weighted by Gasteiger charge is -2.18. The maximum atomic E-state index is 4.42. The van der Waals surface area contributed by atoms with Crippen molar-refractivity contribution in [2.24, 2.45) is 11.8 Å². The van der Waals surface area contributed by atoms with E-state index < -0.39 is 0 Å². The minimum Gasteiger partial charge on any atom is -0.313 e. The van der Waals surface area contributed by atoms with Gasteiger partial charge in [0.15, 0.2) is 0 Å². The third kappa shape index (κ3) is 3.05. The molecular weight excluding hydrogens is 196 g/mol. The molecule has 1 aromatic rings. The molecule has 0 radical (unpaired) electrons. The van der Waals surface area contributed by atoms with Crippen molar-refractivity contribution in [1.82, 2.24) is 10.3 Å². The minimum absolute atomic E-state index is 0.629. The summed E-state index contributed by atoms with van der Waals surface area (Å²) in [5.41, 5.74) is 1.22. The highest BCUT2D eigenvalue weighted by Crippen LogP contribution is 2.41. The molecule has 0 bridgehead atoms. The van der Waals surface area contributed by atoms with Crippen LogP contribution in [0.2, 0.25) is 0 Å². The Labute approximate surface area is 98.5 Å². The number of aromatic nitrogens is 1. The summed E-state index contributed by atoms with van der Waals surface area (Å²) >= 11 is 0. The lowest BCUT2D eigenvalue weighted by molar-refractivity contribution is 0.440. The number of hydrogen-bond donors (Lipinski definition) is 1. The van der Waals surface area contributed by atoms with Gasteiger partial charge in [0.05, 0.1) is 0 Å². The second kappa shape index (κ2) is 5.44. The highest BCUT2D eigenvalue weighted by molar-refractivity contribution is 5.07. The topological polar surface area (TPSA) is 24.9 Å². The zero-order chi connectivity index (χ0) is 11.4. The standard InChI is InChI=1S/C14H22N2/c1-3-7-16-14(13-9-11(13)2)10-12-6-4-5-8-15-12/h4-6,8,11,13-14,16H,3,7,9-10H2,1-2H3. The number of pyridine rings is 1. The van der Waals surface area contributed by atoms with Crippen molar-refractivity contribution >= 4 is 0 Å². The minimum atomic E-state index is 0.629. The molecule has 3 atom stereocenters. The van der Waals surface area contributed by atoms with Crippen molar-refractivity contribution in [3.05, 3.63) is 30.1 Å². The van der Waals surface area contributed by atoms with E-state index in [0.717, 1.165) is 24.8 Å². The molecule has 0 aliphatic heterocycles. The van der Waals surface area contributed by atoms with E-state index in [9.17, 15) is 0 Å². The third-order valence-electron chi connectivity index (χ3n) is 3.50. The van der Waals surface area contributed by atoms with Gasteiger partial charge in [0.1, 0.15) is 0 Å². The van der Waals surface area contributed by atoms with E-state index in [4.69, 9.17) is 0 Å². The number of hydrogen-bond acceptors (Lipinski definition) is 2. The van der Waals surface area contributed by atoms with E-state index in [0.29, 0.717) is 6.04 Å². The smallest absolute Gasteiger partial charge is 0.0419 e. The van der Waals surface area contributed by atoms with Gasteiger partial charge < -0.3 is 5.32 Å². The van der Waals surface area contributed by atoms with E-state index >= 15 is 0 Å². The molecule has 0 saturated heterocycles. The summed E-state index contributed by atoms with van der Waals surface area (Å²) in [6, 6.07) is 6.82. The van der Waals surface area contributed by atoms with Gasteiger partial charge >= 0.3 is 0 Å². The van der Waals surface area contributed by atoms with Crippen LogP contribution in [-0.4, -0.2) is 17.6 Å². The fourth-order valence-corrected chi connectivity index (χ4v) is 2.36. The molecule has 0 spiro atoms. The van der Waals surface area contributed by atoms with E-state index in [-0.39, 0.29) is 0 Å². The van der Waals surface area contributed by atoms with Gasteiger partial charge in [-0.1, -0.05) is 19.9 Å². The molecule has 1 N–H and O–H groups in total. The second-order valence-electron chi connectivity index (χ2n) is 4.96. The maximum Gasteiger partial charge on any atom is 0.0419 e. The summed E-state index contributed by atoms with van der Waals surface area (Å²) < 4.78 is 0. The van der Waals surface area contributed by atoms with Crippen molar-refractivity contribution in [2.75, 3.05) is 6.54 Å². The molecule has 1 aromatic heterocycles. The molecule has 16 heavy (non-hydrogen) atoms. The molecule has 2 nitrogen and oxygen atoms in total. The lowest BCUT2D eigenvalue weighted by Crippen LogP contribution is -2.34. The largest absolute Gasteiger partial charge is 0.313 e. The molecule has 1 heterocycles. The van der Waals surface area contributed by atoms with Crippen LogP contribution in [0.5, 0.6) is 0 Å². The van der Waals surface area contributed by atoms with E-state index in [1.807, 2.05) is 12.3 Å². The molecule has 0 amide bonds. The Kier molecular flexibility index (Phi) is 3.94. The van der Waals surface area contributed by atoms with Crippen LogP contribution in [0.25, 0.3) is 0 Å². The van der Waals surface area contributed by atoms with Gasteiger partial charge in [0.25, 0.3) is 0 Å². The fraction of sp³-hybridized carbons (Fsp3) is 0.643. The Morgan fingerprint density at radius 2 is 2.31 bits per heavy atom. The summed E-state index contributed by atoms with van der Waals surface area (Å²) in [6.07, 6.45) is 5.56. The first-order valence-electron chi connectivity index (χ1n) is 6.44. The summed E-state index contributed by atoms with van der Waals surface area (Å²) in [4.78, 5) is 4.42. The zero-order valence-corrected chi connectivity index (χ0v) is 10.3. The highest BCUT2D eigenvalue weighted by Gasteiger charge is 2.39. The Morgan fingerprint density at radius 3 is 2.88 bits per heavy atom. The quantitative estimate of drug-likeness (QED) is 0.794. The van der Waals surface area contributed by atoms with Crippen LogP contribution in [0.4, 0.5) is 0 Å². The van der Waals surface area contributed by atoms with Gasteiger partial charge in [0, 0.05) is 24.4 Å². The highest BCUT2D eigenvalue weighted by atomic mass is 14.9. The van der Waals surface area contributed by atoms with Gasteiger partial charge in [0.2, 0.25) is 0 Å². The summed E-state index contributed by atoms with van der Waals surface area (Å²) in [7, 11) is 0. The second-order valence-corrected chi connectivity index (χ2v) is 4.96. The van der Waals surface area contributed by atoms with Crippen molar-refractivity contribution in [2.45, 2.75) is 39.2 Å². The molecule has 0 aromatic carbocycles. The average Bonchev–Trinajstić information content (AvgIpc) is 3.03. The Hall–Kier alpha value is -0.890. The molecule has 1 aliphatic rings. The van der Waals surface area contributed by atoms with Crippen LogP contribution < -0.4 is 5.32 Å². The van der Waals surface area contributed by atoms with Crippen LogP contribution in [0.1, 0.15) is 32.4 Å². The maximum absolute atomic E-state index is 4.42. The number of nitrogens with zero attached hydrogens (tertiary/aromatic N) is 1. The number of nitrogens with one attached hydrogen (secondary N) is 1. The molecule has 1 aliphatic carbocycles. The molecule has 88 valence electrons. The van der Waals surface area contributed by atoms with E-state index in [1.54, 1.807) is 0 Å². The molecule has 2 heteroatoms. The first-order chi connectivity index (χ1) is 7.81. The van der Waals surface area contributed by atoms with Gasteiger partial charge in [-0.25, -0.2) is 0 Å². The monoisotopic (exact) mass is 218 g/mol. The Balaban J connectivity index is 1.91. The lowest BCUT2D eigenvalue weighted by atomic mass is 10.0. The summed E-state index contributed by atoms with van der Waals surface area (Å²) in [6.45, 7) is 5.70. The van der Waals surface area contributed by atoms with E-state index in [1.165, 1.54) is 18.5 Å². The Bertz CT molecular complexity index is 310. The van der Waals surface area contributed by atoms with E-state index in [2.05, 4.69) is 36.3 Å². The molecule has 1 fully saturated rings. The molecular formula is C14H22N2. The zero-order valence-electron chi connectivity index (χ0n) is 10.3. The van der Waals surface area contributed by atoms with Gasteiger partial charge in [-0.2, -0.15) is 0 Å². The molecule has 1 saturated carbocycles. The molecule has 3 unspecified atom stereocenters. The predicted molar refractivity (Wildman–Crippen MR) is 67.3 cm³/mol. The van der Waals surface area contributed by atoms with Crippen molar-refractivity contribution in [3.8, 4) is 0 Å². The summed E-state index contributed by atoms with van der Waals surface area (Å²) in [5.74, 6) is 1.77. The predicted octanol–water partition coefficient (Wildman–Crippen LogP) is 2.65. The first kappa shape index (κ1) is 11.6. The SMILES string of the molecule is CCCNC(Cc1ccccn1)C1CC1C.